The molecule has 1 aromatic heterocycles. The number of benzene rings is 1. The quantitative estimate of drug-likeness (QED) is 0.450. The van der Waals surface area contributed by atoms with Gasteiger partial charge in [-0.25, -0.2) is 4.79 Å². The molecule has 0 bridgehead atoms. The molecule has 7 heteroatoms. The number of carbonyl (C=O) groups excluding carboxylic acids is 1. The highest BCUT2D eigenvalue weighted by Crippen LogP contribution is 2.50. The summed E-state index contributed by atoms with van der Waals surface area (Å²) in [6, 6.07) is 6.54. The first-order valence-corrected chi connectivity index (χ1v) is 8.87. The number of esters is 1. The number of fused-ring (bicyclic) bond motifs is 1. The molecule has 27 heavy (non-hydrogen) atoms. The zero-order valence-electron chi connectivity index (χ0n) is 15.9. The van der Waals surface area contributed by atoms with Gasteiger partial charge in [0.15, 0.2) is 0 Å². The molecule has 1 saturated heterocycles. The predicted octanol–water partition coefficient (Wildman–Crippen LogP) is 2.58. The summed E-state index contributed by atoms with van der Waals surface area (Å²) in [5, 5.41) is 11.4. The predicted molar refractivity (Wildman–Crippen MR) is 97.7 cm³/mol. The Hall–Kier alpha value is -2.38. The second-order valence-electron chi connectivity index (χ2n) is 7.45. The van der Waals surface area contributed by atoms with E-state index in [-0.39, 0.29) is 24.9 Å². The van der Waals surface area contributed by atoms with Crippen LogP contribution in [0.5, 0.6) is 5.75 Å². The maximum atomic E-state index is 11.8. The standard InChI is InChI=1S/C20H24O7/c1-11(2)9-15(22)25-10-20(3,23)19-18(27-19)16-13(24-4)7-5-12-6-8-14(21)26-17(12)16/h5-8,11,18-19,23H,9-10H2,1-4H3/t18-,19+,20+/m1/s1. The largest absolute Gasteiger partial charge is 0.496 e. The van der Waals surface area contributed by atoms with Crippen molar-refractivity contribution in [3.8, 4) is 5.75 Å². The van der Waals surface area contributed by atoms with E-state index < -0.39 is 23.4 Å². The van der Waals surface area contributed by atoms with Crippen LogP contribution in [0.4, 0.5) is 0 Å². The van der Waals surface area contributed by atoms with Crippen molar-refractivity contribution in [1.29, 1.82) is 0 Å². The molecule has 1 aliphatic rings. The Kier molecular flexibility index (Phi) is 5.26. The number of ether oxygens (including phenoxy) is 3. The molecule has 0 radical (unpaired) electrons. The van der Waals surface area contributed by atoms with Crippen LogP contribution >= 0.6 is 0 Å². The van der Waals surface area contributed by atoms with Crippen molar-refractivity contribution >= 4 is 16.9 Å². The summed E-state index contributed by atoms with van der Waals surface area (Å²) in [4.78, 5) is 23.4. The van der Waals surface area contributed by atoms with Gasteiger partial charge in [-0.15, -0.1) is 0 Å². The molecule has 2 aromatic rings. The minimum absolute atomic E-state index is 0.176. The third-order valence-electron chi connectivity index (χ3n) is 4.50. The first-order valence-electron chi connectivity index (χ1n) is 8.87. The van der Waals surface area contributed by atoms with E-state index in [0.29, 0.717) is 16.9 Å². The summed E-state index contributed by atoms with van der Waals surface area (Å²) in [5.41, 5.74) is -0.948. The molecule has 0 spiro atoms. The minimum Gasteiger partial charge on any atom is -0.496 e. The number of methoxy groups -OCH3 is 1. The summed E-state index contributed by atoms with van der Waals surface area (Å²) in [6.07, 6.45) is -0.866. The van der Waals surface area contributed by atoms with Gasteiger partial charge in [-0.3, -0.25) is 4.79 Å². The maximum Gasteiger partial charge on any atom is 0.336 e. The summed E-state index contributed by atoms with van der Waals surface area (Å²) >= 11 is 0. The van der Waals surface area contributed by atoms with Crippen LogP contribution in [0.3, 0.4) is 0 Å². The molecule has 0 aliphatic carbocycles. The Morgan fingerprint density at radius 3 is 2.67 bits per heavy atom. The van der Waals surface area contributed by atoms with Gasteiger partial charge < -0.3 is 23.7 Å². The van der Waals surface area contributed by atoms with Gasteiger partial charge in [-0.1, -0.05) is 13.8 Å². The molecule has 0 unspecified atom stereocenters. The van der Waals surface area contributed by atoms with E-state index in [2.05, 4.69) is 0 Å². The number of carbonyl (C=O) groups is 1. The van der Waals surface area contributed by atoms with Crippen molar-refractivity contribution in [2.24, 2.45) is 5.92 Å². The Morgan fingerprint density at radius 2 is 2.00 bits per heavy atom. The molecule has 1 aromatic carbocycles. The number of epoxide rings is 1. The van der Waals surface area contributed by atoms with Crippen LogP contribution in [0.25, 0.3) is 11.0 Å². The average Bonchev–Trinajstić information content (AvgIpc) is 3.39. The third kappa shape index (κ3) is 4.14. The molecule has 7 nitrogen and oxygen atoms in total. The zero-order valence-corrected chi connectivity index (χ0v) is 15.9. The molecule has 2 heterocycles. The summed E-state index contributed by atoms with van der Waals surface area (Å²) in [5.74, 6) is 0.309. The van der Waals surface area contributed by atoms with Gasteiger partial charge in [-0.2, -0.15) is 0 Å². The van der Waals surface area contributed by atoms with Crippen LogP contribution in [-0.4, -0.2) is 36.5 Å². The Bertz CT molecular complexity index is 897. The van der Waals surface area contributed by atoms with E-state index >= 15 is 0 Å². The minimum atomic E-state index is -1.39. The van der Waals surface area contributed by atoms with Gasteiger partial charge in [0.25, 0.3) is 0 Å². The van der Waals surface area contributed by atoms with Crippen molar-refractivity contribution in [1.82, 2.24) is 0 Å². The van der Waals surface area contributed by atoms with Crippen molar-refractivity contribution in [2.75, 3.05) is 13.7 Å². The van der Waals surface area contributed by atoms with E-state index in [1.54, 1.807) is 25.1 Å². The average molecular weight is 376 g/mol. The smallest absolute Gasteiger partial charge is 0.336 e. The number of hydrogen-bond donors (Lipinski definition) is 1. The molecule has 1 aliphatic heterocycles. The maximum absolute atomic E-state index is 11.8. The highest BCUT2D eigenvalue weighted by Gasteiger charge is 2.54. The first kappa shape index (κ1) is 19.4. The van der Waals surface area contributed by atoms with Crippen LogP contribution in [0.2, 0.25) is 0 Å². The summed E-state index contributed by atoms with van der Waals surface area (Å²) < 4.78 is 21.6. The van der Waals surface area contributed by atoms with Crippen molar-refractivity contribution < 1.29 is 28.5 Å². The van der Waals surface area contributed by atoms with E-state index in [9.17, 15) is 14.7 Å². The molecule has 3 rings (SSSR count). The van der Waals surface area contributed by atoms with Crippen LogP contribution in [0.15, 0.2) is 33.5 Å². The van der Waals surface area contributed by atoms with Gasteiger partial charge in [0.05, 0.1) is 12.7 Å². The van der Waals surface area contributed by atoms with Crippen molar-refractivity contribution in [3.63, 3.8) is 0 Å². The molecular formula is C20H24O7. The fourth-order valence-electron chi connectivity index (χ4n) is 3.09. The molecule has 3 atom stereocenters. The van der Waals surface area contributed by atoms with E-state index in [4.69, 9.17) is 18.6 Å². The highest BCUT2D eigenvalue weighted by molar-refractivity contribution is 5.83. The first-order chi connectivity index (χ1) is 12.7. The lowest BCUT2D eigenvalue weighted by molar-refractivity contribution is -0.152. The molecular weight excluding hydrogens is 352 g/mol. The Morgan fingerprint density at radius 1 is 1.30 bits per heavy atom. The van der Waals surface area contributed by atoms with Crippen molar-refractivity contribution in [2.45, 2.75) is 45.0 Å². The lowest BCUT2D eigenvalue weighted by Crippen LogP contribution is -2.38. The second kappa shape index (κ2) is 7.32. The lowest BCUT2D eigenvalue weighted by atomic mass is 9.96. The number of aliphatic hydroxyl groups is 1. The van der Waals surface area contributed by atoms with Crippen LogP contribution < -0.4 is 10.4 Å². The molecule has 1 fully saturated rings. The van der Waals surface area contributed by atoms with Gasteiger partial charge in [0.2, 0.25) is 0 Å². The van der Waals surface area contributed by atoms with Crippen LogP contribution in [0.1, 0.15) is 38.9 Å². The molecule has 146 valence electrons. The van der Waals surface area contributed by atoms with Gasteiger partial charge in [-0.05, 0) is 31.0 Å². The second-order valence-corrected chi connectivity index (χ2v) is 7.45. The highest BCUT2D eigenvalue weighted by atomic mass is 16.6. The van der Waals surface area contributed by atoms with Gasteiger partial charge in [0.1, 0.15) is 35.7 Å². The normalized spacial score (nSPS) is 21.1. The Labute approximate surface area is 156 Å². The number of hydrogen-bond acceptors (Lipinski definition) is 7. The topological polar surface area (TPSA) is 98.5 Å². The van der Waals surface area contributed by atoms with Gasteiger partial charge in [0, 0.05) is 17.9 Å². The van der Waals surface area contributed by atoms with Crippen LogP contribution in [0, 0.1) is 5.92 Å². The fraction of sp³-hybridized carbons (Fsp3) is 0.500. The van der Waals surface area contributed by atoms with Gasteiger partial charge >= 0.3 is 11.6 Å². The lowest BCUT2D eigenvalue weighted by Gasteiger charge is -2.21. The fourth-order valence-corrected chi connectivity index (χ4v) is 3.09. The monoisotopic (exact) mass is 376 g/mol. The molecule has 0 amide bonds. The number of rotatable bonds is 7. The summed E-state index contributed by atoms with van der Waals surface area (Å²) in [7, 11) is 1.51. The SMILES string of the molecule is COc1ccc2ccc(=O)oc2c1[C@H]1O[C@@H]1[C@@](C)(O)COC(=O)CC(C)C. The van der Waals surface area contributed by atoms with E-state index in [0.717, 1.165) is 5.39 Å². The summed E-state index contributed by atoms with van der Waals surface area (Å²) in [6.45, 7) is 5.20. The molecule has 1 N–H and O–H groups in total. The zero-order chi connectivity index (χ0) is 19.8. The Balaban J connectivity index is 1.82. The van der Waals surface area contributed by atoms with E-state index in [1.165, 1.54) is 13.2 Å². The van der Waals surface area contributed by atoms with Crippen molar-refractivity contribution in [3.05, 3.63) is 40.2 Å². The van der Waals surface area contributed by atoms with E-state index in [1.807, 2.05) is 13.8 Å². The van der Waals surface area contributed by atoms with Crippen LogP contribution in [-0.2, 0) is 14.3 Å². The molecule has 0 saturated carbocycles. The third-order valence-corrected chi connectivity index (χ3v) is 4.50.